The second kappa shape index (κ2) is 6.13. The summed E-state index contributed by atoms with van der Waals surface area (Å²) in [5.74, 6) is 0.637. The van der Waals surface area contributed by atoms with Crippen LogP contribution in [0.5, 0.6) is 0 Å². The molecule has 0 radical (unpaired) electrons. The third kappa shape index (κ3) is 2.22. The molecule has 0 amide bonds. The van der Waals surface area contributed by atoms with E-state index in [9.17, 15) is 5.11 Å². The van der Waals surface area contributed by atoms with Crippen molar-refractivity contribution < 1.29 is 19.3 Å². The first kappa shape index (κ1) is 15.1. The molecule has 1 aliphatic heterocycles. The molecule has 0 saturated carbocycles. The van der Waals surface area contributed by atoms with E-state index in [-0.39, 0.29) is 18.8 Å². The first-order chi connectivity index (χ1) is 10.7. The van der Waals surface area contributed by atoms with Crippen LogP contribution < -0.4 is 5.32 Å². The molecule has 9 heteroatoms. The van der Waals surface area contributed by atoms with Crippen LogP contribution >= 0.6 is 0 Å². The van der Waals surface area contributed by atoms with E-state index in [0.717, 1.165) is 0 Å². The van der Waals surface area contributed by atoms with Gasteiger partial charge in [-0.25, -0.2) is 15.0 Å². The highest BCUT2D eigenvalue weighted by Crippen LogP contribution is 2.34. The standard InChI is InChI=1S/C13H19N5O4/c1-14-11-8-12(16-5-15-11)18(6-17-8)13-10(21-3)9(20-2)7(4-19)22-13/h5-7,9-10,13,19H,4H2,1-3H3,(H,14,15,16)/t7-,9-,10-,13-/m1/s1. The molecule has 0 spiro atoms. The zero-order chi connectivity index (χ0) is 15.7. The Balaban J connectivity index is 2.03. The van der Waals surface area contributed by atoms with E-state index in [1.54, 1.807) is 32.2 Å². The van der Waals surface area contributed by atoms with Gasteiger partial charge in [0.15, 0.2) is 17.7 Å². The van der Waals surface area contributed by atoms with Crippen LogP contribution in [0.4, 0.5) is 5.82 Å². The van der Waals surface area contributed by atoms with E-state index < -0.39 is 12.3 Å². The van der Waals surface area contributed by atoms with Crippen LogP contribution in [0.3, 0.4) is 0 Å². The summed E-state index contributed by atoms with van der Waals surface area (Å²) in [6.07, 6.45) is 1.37. The Morgan fingerprint density at radius 2 is 2.05 bits per heavy atom. The highest BCUT2D eigenvalue weighted by molar-refractivity contribution is 5.82. The number of hydrogen-bond donors (Lipinski definition) is 2. The second-order valence-corrected chi connectivity index (χ2v) is 4.94. The maximum Gasteiger partial charge on any atom is 0.167 e. The molecule has 2 aromatic heterocycles. The van der Waals surface area contributed by atoms with E-state index in [2.05, 4.69) is 20.3 Å². The van der Waals surface area contributed by atoms with Gasteiger partial charge in [0.05, 0.1) is 12.9 Å². The Hall–Kier alpha value is -1.81. The Bertz CT molecular complexity index is 648. The third-order valence-corrected chi connectivity index (χ3v) is 3.88. The summed E-state index contributed by atoms with van der Waals surface area (Å²) in [5, 5.41) is 12.4. The molecule has 22 heavy (non-hydrogen) atoms. The minimum absolute atomic E-state index is 0.155. The quantitative estimate of drug-likeness (QED) is 0.782. The molecular weight excluding hydrogens is 290 g/mol. The third-order valence-electron chi connectivity index (χ3n) is 3.88. The van der Waals surface area contributed by atoms with Gasteiger partial charge in [-0.05, 0) is 0 Å². The maximum atomic E-state index is 9.47. The van der Waals surface area contributed by atoms with Crippen molar-refractivity contribution in [2.45, 2.75) is 24.5 Å². The van der Waals surface area contributed by atoms with E-state index >= 15 is 0 Å². The fraction of sp³-hybridized carbons (Fsp3) is 0.615. The van der Waals surface area contributed by atoms with Crippen LogP contribution in [0.2, 0.25) is 0 Å². The number of methoxy groups -OCH3 is 2. The number of imidazole rings is 1. The zero-order valence-electron chi connectivity index (χ0n) is 12.6. The van der Waals surface area contributed by atoms with Crippen molar-refractivity contribution in [3.8, 4) is 0 Å². The van der Waals surface area contributed by atoms with Gasteiger partial charge in [0.2, 0.25) is 0 Å². The summed E-state index contributed by atoms with van der Waals surface area (Å²) in [7, 11) is 4.92. The minimum Gasteiger partial charge on any atom is -0.394 e. The number of aliphatic hydroxyl groups is 1. The Morgan fingerprint density at radius 1 is 1.27 bits per heavy atom. The summed E-state index contributed by atoms with van der Waals surface area (Å²) in [6, 6.07) is 0. The number of aliphatic hydroxyl groups excluding tert-OH is 1. The van der Waals surface area contributed by atoms with Gasteiger partial charge in [0.1, 0.15) is 30.2 Å². The average molecular weight is 309 g/mol. The molecule has 9 nitrogen and oxygen atoms in total. The van der Waals surface area contributed by atoms with Crippen LogP contribution in [-0.4, -0.2) is 70.8 Å². The lowest BCUT2D eigenvalue weighted by Gasteiger charge is -2.21. The molecule has 4 atom stereocenters. The number of anilines is 1. The molecule has 2 N–H and O–H groups in total. The van der Waals surface area contributed by atoms with Crippen LogP contribution in [0, 0.1) is 0 Å². The van der Waals surface area contributed by atoms with Gasteiger partial charge in [-0.1, -0.05) is 0 Å². The first-order valence-electron chi connectivity index (χ1n) is 6.92. The molecule has 120 valence electrons. The molecule has 0 unspecified atom stereocenters. The fourth-order valence-electron chi connectivity index (χ4n) is 2.84. The first-order valence-corrected chi connectivity index (χ1v) is 6.92. The summed E-state index contributed by atoms with van der Waals surface area (Å²) in [4.78, 5) is 12.7. The van der Waals surface area contributed by atoms with Crippen molar-refractivity contribution in [2.24, 2.45) is 0 Å². The van der Waals surface area contributed by atoms with Gasteiger partial charge in [0, 0.05) is 21.3 Å². The summed E-state index contributed by atoms with van der Waals surface area (Å²) < 4.78 is 18.6. The number of aromatic nitrogens is 4. The lowest BCUT2D eigenvalue weighted by molar-refractivity contribution is -0.0583. The van der Waals surface area contributed by atoms with Crippen molar-refractivity contribution >= 4 is 17.0 Å². The van der Waals surface area contributed by atoms with E-state index in [1.165, 1.54) is 6.33 Å². The maximum absolute atomic E-state index is 9.47. The number of ether oxygens (including phenoxy) is 3. The fourth-order valence-corrected chi connectivity index (χ4v) is 2.84. The summed E-state index contributed by atoms with van der Waals surface area (Å²) in [6.45, 7) is -0.155. The lowest BCUT2D eigenvalue weighted by Crippen LogP contribution is -2.36. The summed E-state index contributed by atoms with van der Waals surface area (Å²) in [5.41, 5.74) is 1.27. The zero-order valence-corrected chi connectivity index (χ0v) is 12.6. The van der Waals surface area contributed by atoms with Gasteiger partial charge in [-0.3, -0.25) is 4.57 Å². The largest absolute Gasteiger partial charge is 0.394 e. The van der Waals surface area contributed by atoms with Crippen molar-refractivity contribution in [2.75, 3.05) is 33.2 Å². The Kier molecular flexibility index (Phi) is 4.21. The second-order valence-electron chi connectivity index (χ2n) is 4.94. The van der Waals surface area contributed by atoms with Gasteiger partial charge in [-0.2, -0.15) is 0 Å². The highest BCUT2D eigenvalue weighted by Gasteiger charge is 2.46. The molecular formula is C13H19N5O4. The molecule has 0 aliphatic carbocycles. The molecule has 0 aromatic carbocycles. The van der Waals surface area contributed by atoms with Crippen LogP contribution in [0.1, 0.15) is 6.23 Å². The molecule has 2 aromatic rings. The number of hydrogen-bond acceptors (Lipinski definition) is 8. The van der Waals surface area contributed by atoms with Crippen LogP contribution in [0.15, 0.2) is 12.7 Å². The van der Waals surface area contributed by atoms with Gasteiger partial charge in [-0.15, -0.1) is 0 Å². The van der Waals surface area contributed by atoms with Crippen molar-refractivity contribution in [3.05, 3.63) is 12.7 Å². The summed E-state index contributed by atoms with van der Waals surface area (Å²) >= 11 is 0. The molecule has 1 saturated heterocycles. The smallest absolute Gasteiger partial charge is 0.167 e. The average Bonchev–Trinajstić information content (AvgIpc) is 3.14. The van der Waals surface area contributed by atoms with Crippen molar-refractivity contribution in [1.29, 1.82) is 0 Å². The molecule has 3 rings (SSSR count). The van der Waals surface area contributed by atoms with Crippen LogP contribution in [0.25, 0.3) is 11.2 Å². The predicted molar refractivity (Wildman–Crippen MR) is 77.5 cm³/mol. The number of fused-ring (bicyclic) bond motifs is 1. The monoisotopic (exact) mass is 309 g/mol. The minimum atomic E-state index is -0.489. The molecule has 3 heterocycles. The number of rotatable bonds is 5. The Labute approximate surface area is 127 Å². The predicted octanol–water partition coefficient (Wildman–Crippen LogP) is -0.212. The molecule has 1 aliphatic rings. The van der Waals surface area contributed by atoms with E-state index in [1.807, 2.05) is 0 Å². The number of nitrogens with zero attached hydrogens (tertiary/aromatic N) is 4. The Morgan fingerprint density at radius 3 is 2.68 bits per heavy atom. The topological polar surface area (TPSA) is 104 Å². The number of nitrogens with one attached hydrogen (secondary N) is 1. The SMILES string of the molecule is CNc1ncnc2c1ncn2[C@@H]1O[C@H](CO)[C@@H](OC)[C@H]1OC. The van der Waals surface area contributed by atoms with Crippen LogP contribution in [-0.2, 0) is 14.2 Å². The van der Waals surface area contributed by atoms with Gasteiger partial charge >= 0.3 is 0 Å². The lowest BCUT2D eigenvalue weighted by atomic mass is 10.1. The van der Waals surface area contributed by atoms with Gasteiger partial charge in [0.25, 0.3) is 0 Å². The molecule has 1 fully saturated rings. The molecule has 0 bridgehead atoms. The van der Waals surface area contributed by atoms with Crippen molar-refractivity contribution in [1.82, 2.24) is 19.5 Å². The van der Waals surface area contributed by atoms with Gasteiger partial charge < -0.3 is 24.6 Å². The highest BCUT2D eigenvalue weighted by atomic mass is 16.6. The van der Waals surface area contributed by atoms with Crippen molar-refractivity contribution in [3.63, 3.8) is 0 Å². The normalized spacial score (nSPS) is 28.4. The van der Waals surface area contributed by atoms with E-state index in [0.29, 0.717) is 17.0 Å². The van der Waals surface area contributed by atoms with E-state index in [4.69, 9.17) is 14.2 Å².